The minimum Gasteiger partial charge on any atom is -0.390 e. The third-order valence-corrected chi connectivity index (χ3v) is 6.47. The van der Waals surface area contributed by atoms with Gasteiger partial charge in [0.2, 0.25) is 0 Å². The molecule has 0 saturated carbocycles. The Hall–Kier alpha value is -2.21. The maximum atomic E-state index is 12.5. The lowest BCUT2D eigenvalue weighted by Gasteiger charge is -2.23. The van der Waals surface area contributed by atoms with E-state index in [1.54, 1.807) is 6.08 Å². The fraction of sp³-hybridized carbons (Fsp3) is 0.346. The van der Waals surface area contributed by atoms with Gasteiger partial charge in [-0.25, -0.2) is 0 Å². The molecule has 2 aromatic carbocycles. The number of aliphatic hydroxyl groups is 1. The molecule has 4 nitrogen and oxygen atoms in total. The molecule has 1 aliphatic heterocycles. The van der Waals surface area contributed by atoms with Crippen molar-refractivity contribution in [3.05, 3.63) is 76.4 Å². The van der Waals surface area contributed by atoms with Gasteiger partial charge in [0.1, 0.15) is 0 Å². The van der Waals surface area contributed by atoms with Crippen LogP contribution in [0.4, 0.5) is 0 Å². The number of allylic oxidation sites excluding steroid dienone is 1. The zero-order valence-electron chi connectivity index (χ0n) is 17.7. The Bertz CT molecular complexity index is 1050. The highest BCUT2D eigenvalue weighted by Crippen LogP contribution is 2.23. The van der Waals surface area contributed by atoms with Crippen LogP contribution in [0.25, 0.3) is 17.0 Å². The Morgan fingerprint density at radius 3 is 2.45 bits per heavy atom. The molecule has 1 aromatic heterocycles. The van der Waals surface area contributed by atoms with E-state index in [9.17, 15) is 9.90 Å². The average molecular weight is 481 g/mol. The van der Waals surface area contributed by atoms with Crippen LogP contribution in [0.1, 0.15) is 41.6 Å². The van der Waals surface area contributed by atoms with E-state index in [1.807, 2.05) is 48.7 Å². The van der Waals surface area contributed by atoms with Crippen LogP contribution >= 0.6 is 15.9 Å². The van der Waals surface area contributed by atoms with Crippen molar-refractivity contribution in [1.82, 2.24) is 9.47 Å². The Balaban J connectivity index is 1.50. The largest absolute Gasteiger partial charge is 0.390 e. The topological polar surface area (TPSA) is 45.5 Å². The highest BCUT2D eigenvalue weighted by atomic mass is 79.9. The number of rotatable bonds is 7. The smallest absolute Gasteiger partial charge is 0.185 e. The predicted octanol–water partition coefficient (Wildman–Crippen LogP) is 5.54. The van der Waals surface area contributed by atoms with Gasteiger partial charge in [0.15, 0.2) is 5.78 Å². The summed E-state index contributed by atoms with van der Waals surface area (Å²) in [6.45, 7) is 3.41. The maximum absolute atomic E-state index is 12.5. The van der Waals surface area contributed by atoms with Crippen LogP contribution in [-0.2, 0) is 6.54 Å². The molecule has 31 heavy (non-hydrogen) atoms. The molecule has 0 amide bonds. The Morgan fingerprint density at radius 2 is 1.71 bits per heavy atom. The number of β-amino-alcohol motifs (C(OH)–C–C–N with tert-alkyl or cyclic N) is 1. The first kappa shape index (κ1) is 22.0. The van der Waals surface area contributed by atoms with Gasteiger partial charge in [-0.1, -0.05) is 47.0 Å². The second kappa shape index (κ2) is 10.4. The number of carbonyl (C=O) groups is 1. The number of aliphatic hydroxyl groups excluding tert-OH is 1. The number of likely N-dealkylation sites (tertiary alicyclic amines) is 1. The lowest BCUT2D eigenvalue weighted by atomic mass is 10.1. The third-order valence-electron chi connectivity index (χ3n) is 5.94. The number of hydrogen-bond acceptors (Lipinski definition) is 3. The summed E-state index contributed by atoms with van der Waals surface area (Å²) >= 11 is 3.40. The fourth-order valence-electron chi connectivity index (χ4n) is 4.34. The number of nitrogens with zero attached hydrogens (tertiary/aromatic N) is 2. The molecule has 0 bridgehead atoms. The molecule has 4 rings (SSSR count). The number of aromatic nitrogens is 1. The SMILES string of the molecule is O=C(/C=C/c1cn(C[C@H](O)CN2CCCCCC2)c2ccccc12)c1ccc(Br)cc1. The summed E-state index contributed by atoms with van der Waals surface area (Å²) < 4.78 is 3.07. The van der Waals surface area contributed by atoms with Gasteiger partial charge in [-0.05, 0) is 68.4 Å². The van der Waals surface area contributed by atoms with Crippen LogP contribution in [0.15, 0.2) is 65.3 Å². The number of halogens is 1. The molecule has 5 heteroatoms. The molecule has 0 aliphatic carbocycles. The molecule has 0 unspecified atom stereocenters. The van der Waals surface area contributed by atoms with Crippen molar-refractivity contribution in [3.63, 3.8) is 0 Å². The van der Waals surface area contributed by atoms with E-state index < -0.39 is 6.10 Å². The number of carbonyl (C=O) groups excluding carboxylic acids is 1. The van der Waals surface area contributed by atoms with Crippen LogP contribution in [-0.4, -0.2) is 46.1 Å². The molecule has 0 radical (unpaired) electrons. The normalized spacial score (nSPS) is 16.6. The molecule has 0 spiro atoms. The number of hydrogen-bond donors (Lipinski definition) is 1. The standard InChI is InChI=1S/C26H29BrN2O2/c27-22-12-9-20(10-13-22)26(31)14-11-21-17-29(25-8-4-3-7-24(21)25)19-23(30)18-28-15-5-1-2-6-16-28/h3-4,7-14,17,23,30H,1-2,5-6,15-16,18-19H2/b14-11+/t23-/m1/s1. The van der Waals surface area contributed by atoms with E-state index >= 15 is 0 Å². The Morgan fingerprint density at radius 1 is 1.00 bits per heavy atom. The lowest BCUT2D eigenvalue weighted by Crippen LogP contribution is -2.35. The summed E-state index contributed by atoms with van der Waals surface area (Å²) in [5, 5.41) is 11.9. The van der Waals surface area contributed by atoms with Gasteiger partial charge in [-0.2, -0.15) is 0 Å². The average Bonchev–Trinajstić information content (AvgIpc) is 2.93. The first-order valence-corrected chi connectivity index (χ1v) is 11.9. The molecule has 162 valence electrons. The van der Waals surface area contributed by atoms with Gasteiger partial charge in [-0.3, -0.25) is 4.79 Å². The lowest BCUT2D eigenvalue weighted by molar-refractivity contribution is 0.101. The van der Waals surface area contributed by atoms with Gasteiger partial charge in [0.05, 0.1) is 6.10 Å². The van der Waals surface area contributed by atoms with E-state index in [-0.39, 0.29) is 5.78 Å². The Kier molecular flexibility index (Phi) is 7.38. The fourth-order valence-corrected chi connectivity index (χ4v) is 4.60. The monoisotopic (exact) mass is 480 g/mol. The van der Waals surface area contributed by atoms with Crippen molar-refractivity contribution in [1.29, 1.82) is 0 Å². The summed E-state index contributed by atoms with van der Waals surface area (Å²) in [6.07, 6.45) is 10.2. The number of benzene rings is 2. The molecular formula is C26H29BrN2O2. The molecular weight excluding hydrogens is 452 g/mol. The molecule has 1 aliphatic rings. The second-order valence-electron chi connectivity index (χ2n) is 8.33. The minimum absolute atomic E-state index is 0.0227. The van der Waals surface area contributed by atoms with E-state index in [2.05, 4.69) is 37.5 Å². The Labute approximate surface area is 192 Å². The van der Waals surface area contributed by atoms with Gasteiger partial charge in [0.25, 0.3) is 0 Å². The first-order chi connectivity index (χ1) is 15.1. The second-order valence-corrected chi connectivity index (χ2v) is 9.24. The zero-order valence-corrected chi connectivity index (χ0v) is 19.3. The predicted molar refractivity (Wildman–Crippen MR) is 130 cm³/mol. The van der Waals surface area contributed by atoms with Crippen LogP contribution in [0.2, 0.25) is 0 Å². The maximum Gasteiger partial charge on any atom is 0.185 e. The van der Waals surface area contributed by atoms with Crippen molar-refractivity contribution in [2.45, 2.75) is 38.3 Å². The number of ketones is 1. The number of fused-ring (bicyclic) bond motifs is 1. The van der Waals surface area contributed by atoms with Crippen LogP contribution in [0.3, 0.4) is 0 Å². The molecule has 1 atom stereocenters. The zero-order chi connectivity index (χ0) is 21.6. The van der Waals surface area contributed by atoms with Crippen LogP contribution in [0.5, 0.6) is 0 Å². The quantitative estimate of drug-likeness (QED) is 0.356. The summed E-state index contributed by atoms with van der Waals surface area (Å²) in [5.74, 6) is -0.0227. The van der Waals surface area contributed by atoms with Gasteiger partial charge in [-0.15, -0.1) is 0 Å². The highest BCUT2D eigenvalue weighted by molar-refractivity contribution is 9.10. The molecule has 1 N–H and O–H groups in total. The van der Waals surface area contributed by atoms with Gasteiger partial charge >= 0.3 is 0 Å². The number of para-hydroxylation sites is 1. The van der Waals surface area contributed by atoms with Crippen molar-refractivity contribution in [2.75, 3.05) is 19.6 Å². The first-order valence-electron chi connectivity index (χ1n) is 11.1. The minimum atomic E-state index is -0.421. The van der Waals surface area contributed by atoms with E-state index in [0.29, 0.717) is 18.7 Å². The molecule has 3 aromatic rings. The van der Waals surface area contributed by atoms with E-state index in [4.69, 9.17) is 0 Å². The van der Waals surface area contributed by atoms with Gasteiger partial charge in [0, 0.05) is 45.8 Å². The van der Waals surface area contributed by atoms with Crippen molar-refractivity contribution in [2.24, 2.45) is 0 Å². The summed E-state index contributed by atoms with van der Waals surface area (Å²) in [5.41, 5.74) is 2.73. The molecule has 1 saturated heterocycles. The molecule has 1 fully saturated rings. The van der Waals surface area contributed by atoms with Crippen LogP contribution in [0, 0.1) is 0 Å². The summed E-state index contributed by atoms with van der Waals surface area (Å²) in [7, 11) is 0. The van der Waals surface area contributed by atoms with Crippen molar-refractivity contribution >= 4 is 38.7 Å². The summed E-state index contributed by atoms with van der Waals surface area (Å²) in [4.78, 5) is 14.9. The van der Waals surface area contributed by atoms with E-state index in [0.717, 1.165) is 34.0 Å². The van der Waals surface area contributed by atoms with E-state index in [1.165, 1.54) is 25.7 Å². The van der Waals surface area contributed by atoms with Crippen molar-refractivity contribution in [3.8, 4) is 0 Å². The van der Waals surface area contributed by atoms with Crippen molar-refractivity contribution < 1.29 is 9.90 Å². The third kappa shape index (κ3) is 5.73. The van der Waals surface area contributed by atoms with Crippen LogP contribution < -0.4 is 0 Å². The van der Waals surface area contributed by atoms with Gasteiger partial charge < -0.3 is 14.6 Å². The highest BCUT2D eigenvalue weighted by Gasteiger charge is 2.16. The summed E-state index contributed by atoms with van der Waals surface area (Å²) in [6, 6.07) is 15.5. The molecule has 2 heterocycles.